The van der Waals surface area contributed by atoms with E-state index in [4.69, 9.17) is 4.74 Å². The minimum Gasteiger partial charge on any atom is -0.465 e. The first kappa shape index (κ1) is 21.3. The number of carbonyl (C=O) groups excluding carboxylic acids is 2. The molecule has 0 saturated carbocycles. The molecule has 1 rings (SSSR count). The van der Waals surface area contributed by atoms with Gasteiger partial charge in [-0.05, 0) is 13.3 Å². The number of nitro groups is 1. The second-order valence-corrected chi connectivity index (χ2v) is 5.32. The van der Waals surface area contributed by atoms with Gasteiger partial charge in [0.2, 0.25) is 5.82 Å². The van der Waals surface area contributed by atoms with E-state index in [9.17, 15) is 32.9 Å². The molecule has 1 aromatic carbocycles. The second kappa shape index (κ2) is 9.07. The summed E-state index contributed by atoms with van der Waals surface area (Å²) in [6.07, 6.45) is 1.99. The molecule has 0 heterocycles. The van der Waals surface area contributed by atoms with Crippen LogP contribution >= 0.6 is 0 Å². The van der Waals surface area contributed by atoms with E-state index in [-0.39, 0.29) is 6.61 Å². The largest absolute Gasteiger partial charge is 0.465 e. The Hall–Kier alpha value is -2.78. The Morgan fingerprint density at radius 3 is 2.38 bits per heavy atom. The molecule has 7 nitrogen and oxygen atoms in total. The number of ketones is 1. The second-order valence-electron chi connectivity index (χ2n) is 5.32. The van der Waals surface area contributed by atoms with Crippen molar-refractivity contribution in [1.29, 1.82) is 0 Å². The van der Waals surface area contributed by atoms with Gasteiger partial charge in [0, 0.05) is 18.8 Å². The van der Waals surface area contributed by atoms with E-state index in [1.165, 1.54) is 7.05 Å². The highest BCUT2D eigenvalue weighted by Gasteiger charge is 2.39. The number of halogens is 3. The molecular weight excluding hydrogens is 357 g/mol. The van der Waals surface area contributed by atoms with Gasteiger partial charge in [0.25, 0.3) is 0 Å². The molecule has 0 radical (unpaired) electrons. The summed E-state index contributed by atoms with van der Waals surface area (Å²) in [6.45, 7) is 2.61. The van der Waals surface area contributed by atoms with E-state index < -0.39 is 56.9 Å². The number of carbonyl (C=O) groups is 2. The monoisotopic (exact) mass is 374 g/mol. The van der Waals surface area contributed by atoms with Crippen molar-refractivity contribution in [3.63, 3.8) is 0 Å². The molecule has 0 saturated heterocycles. The van der Waals surface area contributed by atoms with Gasteiger partial charge in [-0.2, -0.15) is 4.39 Å². The van der Waals surface area contributed by atoms with Gasteiger partial charge in [0.1, 0.15) is 11.4 Å². The predicted molar refractivity (Wildman–Crippen MR) is 85.8 cm³/mol. The van der Waals surface area contributed by atoms with Crippen LogP contribution < -0.4 is 0 Å². The number of esters is 1. The Kier molecular flexibility index (Phi) is 7.41. The van der Waals surface area contributed by atoms with Gasteiger partial charge in [0.15, 0.2) is 17.5 Å². The van der Waals surface area contributed by atoms with Crippen molar-refractivity contribution in [2.45, 2.75) is 26.7 Å². The number of hydrogen-bond acceptors (Lipinski definition) is 6. The first-order chi connectivity index (χ1) is 12.2. The summed E-state index contributed by atoms with van der Waals surface area (Å²) in [4.78, 5) is 37.7. The van der Waals surface area contributed by atoms with Crippen molar-refractivity contribution in [3.8, 4) is 0 Å². The molecule has 1 atom stereocenters. The van der Waals surface area contributed by atoms with E-state index in [0.717, 1.165) is 13.1 Å². The third kappa shape index (κ3) is 4.24. The first-order valence-electron chi connectivity index (χ1n) is 7.63. The summed E-state index contributed by atoms with van der Waals surface area (Å²) >= 11 is 0. The quantitative estimate of drug-likeness (QED) is 0.102. The molecule has 10 heteroatoms. The van der Waals surface area contributed by atoms with Crippen LogP contribution in [0.25, 0.3) is 0 Å². The van der Waals surface area contributed by atoms with Crippen molar-refractivity contribution >= 4 is 23.7 Å². The maximum absolute atomic E-state index is 14.4. The maximum Gasteiger partial charge on any atom is 0.322 e. The highest BCUT2D eigenvalue weighted by atomic mass is 19.2. The van der Waals surface area contributed by atoms with Gasteiger partial charge in [-0.15, -0.1) is 0 Å². The van der Waals surface area contributed by atoms with Crippen LogP contribution in [-0.4, -0.2) is 36.5 Å². The number of rotatable bonds is 8. The van der Waals surface area contributed by atoms with Crippen molar-refractivity contribution in [2.24, 2.45) is 10.9 Å². The number of unbranched alkanes of at least 4 members (excludes halogenated alkanes) is 1. The molecular formula is C16H17F3N2O5. The molecule has 1 aromatic rings. The predicted octanol–water partition coefficient (Wildman–Crippen LogP) is 3.16. The molecule has 0 aliphatic carbocycles. The normalized spacial score (nSPS) is 12.2. The first-order valence-corrected chi connectivity index (χ1v) is 7.63. The zero-order chi connectivity index (χ0) is 20.0. The summed E-state index contributed by atoms with van der Waals surface area (Å²) in [6, 6.07) is 0. The van der Waals surface area contributed by atoms with Gasteiger partial charge in [-0.1, -0.05) is 13.3 Å². The number of ether oxygens (including phenoxy) is 1. The molecule has 0 bridgehead atoms. The Morgan fingerprint density at radius 1 is 1.27 bits per heavy atom. The van der Waals surface area contributed by atoms with E-state index in [1.54, 1.807) is 0 Å². The van der Waals surface area contributed by atoms with Gasteiger partial charge >= 0.3 is 11.7 Å². The lowest BCUT2D eigenvalue weighted by Crippen LogP contribution is -2.30. The van der Waals surface area contributed by atoms with Crippen LogP contribution in [0.3, 0.4) is 0 Å². The molecule has 142 valence electrons. The summed E-state index contributed by atoms with van der Waals surface area (Å²) in [5, 5.41) is 11.1. The average molecular weight is 374 g/mol. The molecule has 1 unspecified atom stereocenters. The number of aliphatic imine (C=N–C) groups is 1. The van der Waals surface area contributed by atoms with Crippen LogP contribution in [-0.2, 0) is 9.53 Å². The van der Waals surface area contributed by atoms with Crippen molar-refractivity contribution < 1.29 is 32.4 Å². The summed E-state index contributed by atoms with van der Waals surface area (Å²) < 4.78 is 46.8. The highest BCUT2D eigenvalue weighted by molar-refractivity contribution is 6.20. The lowest BCUT2D eigenvalue weighted by atomic mass is 9.94. The van der Waals surface area contributed by atoms with Crippen LogP contribution in [0, 0.1) is 40.4 Å². The van der Waals surface area contributed by atoms with Crippen LogP contribution in [0.1, 0.15) is 35.7 Å². The topological polar surface area (TPSA) is 98.9 Å². The van der Waals surface area contributed by atoms with E-state index in [0.29, 0.717) is 12.8 Å². The van der Waals surface area contributed by atoms with Crippen LogP contribution in [0.2, 0.25) is 0 Å². The summed E-state index contributed by atoms with van der Waals surface area (Å²) in [7, 11) is 1.21. The lowest BCUT2D eigenvalue weighted by Gasteiger charge is -2.13. The SMILES string of the molecule is CCCCOC(=O)C(C=NC)C(=O)c1c(F)c(C)c(F)c(F)c1[N+](=O)[O-]. The third-order valence-corrected chi connectivity index (χ3v) is 3.52. The lowest BCUT2D eigenvalue weighted by molar-refractivity contribution is -0.388. The molecule has 0 aromatic heterocycles. The Balaban J connectivity index is 3.49. The Bertz CT molecular complexity index is 765. The number of nitrogens with zero attached hydrogens (tertiary/aromatic N) is 2. The van der Waals surface area contributed by atoms with Gasteiger partial charge in [-0.3, -0.25) is 24.7 Å². The van der Waals surface area contributed by atoms with Gasteiger partial charge in [-0.25, -0.2) is 8.78 Å². The van der Waals surface area contributed by atoms with Crippen molar-refractivity contribution in [1.82, 2.24) is 0 Å². The number of hydrogen-bond donors (Lipinski definition) is 0. The molecule has 26 heavy (non-hydrogen) atoms. The molecule has 0 aliphatic heterocycles. The van der Waals surface area contributed by atoms with E-state index in [2.05, 4.69) is 4.99 Å². The third-order valence-electron chi connectivity index (χ3n) is 3.52. The molecule has 0 aliphatic rings. The van der Waals surface area contributed by atoms with Crippen LogP contribution in [0.5, 0.6) is 0 Å². The minimum atomic E-state index is -1.98. The molecule has 0 fully saturated rings. The fraction of sp³-hybridized carbons (Fsp3) is 0.438. The smallest absolute Gasteiger partial charge is 0.322 e. The number of benzene rings is 1. The van der Waals surface area contributed by atoms with Gasteiger partial charge < -0.3 is 4.74 Å². The Labute approximate surface area is 147 Å². The molecule has 0 spiro atoms. The van der Waals surface area contributed by atoms with E-state index in [1.807, 2.05) is 6.92 Å². The maximum atomic E-state index is 14.4. The summed E-state index contributed by atoms with van der Waals surface area (Å²) in [5.74, 6) is -9.76. The highest BCUT2D eigenvalue weighted by Crippen LogP contribution is 2.32. The van der Waals surface area contributed by atoms with Gasteiger partial charge in [0.05, 0.1) is 11.5 Å². The van der Waals surface area contributed by atoms with Crippen LogP contribution in [0.15, 0.2) is 4.99 Å². The van der Waals surface area contributed by atoms with Crippen LogP contribution in [0.4, 0.5) is 18.9 Å². The summed E-state index contributed by atoms with van der Waals surface area (Å²) in [5.41, 5.74) is -3.92. The zero-order valence-corrected chi connectivity index (χ0v) is 14.3. The molecule has 0 N–H and O–H groups in total. The number of Topliss-reactive ketones (excluding diaryl/α,β-unsaturated/α-hetero) is 1. The average Bonchev–Trinajstić information content (AvgIpc) is 2.59. The standard InChI is InChI=1S/C16H17F3N2O5/c1-4-5-6-26-16(23)9(7-20-3)15(22)10-11(17)8(2)12(18)13(19)14(10)21(24)25/h7,9H,4-6H2,1-3H3. The number of nitro benzene ring substituents is 1. The Morgan fingerprint density at radius 2 is 1.88 bits per heavy atom. The fourth-order valence-electron chi connectivity index (χ4n) is 2.11. The molecule has 0 amide bonds. The fourth-order valence-corrected chi connectivity index (χ4v) is 2.11. The van der Waals surface area contributed by atoms with E-state index >= 15 is 0 Å². The zero-order valence-electron chi connectivity index (χ0n) is 14.3. The van der Waals surface area contributed by atoms with Crippen molar-refractivity contribution in [3.05, 3.63) is 38.7 Å². The van der Waals surface area contributed by atoms with Crippen molar-refractivity contribution in [2.75, 3.05) is 13.7 Å². The minimum absolute atomic E-state index is 0.0297.